The van der Waals surface area contributed by atoms with E-state index < -0.39 is 0 Å². The van der Waals surface area contributed by atoms with E-state index in [0.717, 1.165) is 32.2 Å². The number of hydrogen-bond acceptors (Lipinski definition) is 3. The SMILES string of the molecule is CCC1CN(c2ccc(CNC3CC3)c(Br)c2)CCN1C. The van der Waals surface area contributed by atoms with Gasteiger partial charge in [-0.3, -0.25) is 4.90 Å². The van der Waals surface area contributed by atoms with Gasteiger partial charge >= 0.3 is 0 Å². The Morgan fingerprint density at radius 1 is 1.29 bits per heavy atom. The van der Waals surface area contributed by atoms with E-state index in [2.05, 4.69) is 63.2 Å². The molecule has 0 radical (unpaired) electrons. The first-order valence-corrected chi connectivity index (χ1v) is 8.93. The van der Waals surface area contributed by atoms with Gasteiger partial charge in [-0.25, -0.2) is 0 Å². The normalized spacial score (nSPS) is 23.6. The minimum Gasteiger partial charge on any atom is -0.369 e. The first kappa shape index (κ1) is 15.3. The maximum Gasteiger partial charge on any atom is 0.0378 e. The zero-order valence-electron chi connectivity index (χ0n) is 13.1. The van der Waals surface area contributed by atoms with Crippen LogP contribution in [0.2, 0.25) is 0 Å². The summed E-state index contributed by atoms with van der Waals surface area (Å²) >= 11 is 3.75. The Morgan fingerprint density at radius 3 is 2.76 bits per heavy atom. The molecule has 3 nitrogen and oxygen atoms in total. The topological polar surface area (TPSA) is 18.5 Å². The number of hydrogen-bond donors (Lipinski definition) is 1. The Hall–Kier alpha value is -0.580. The number of piperazine rings is 1. The third-order valence-corrected chi connectivity index (χ3v) is 5.55. The fourth-order valence-electron chi connectivity index (χ4n) is 3.04. The maximum atomic E-state index is 3.75. The average Bonchev–Trinajstić information content (AvgIpc) is 3.31. The molecule has 2 fully saturated rings. The van der Waals surface area contributed by atoms with Crippen molar-refractivity contribution in [2.75, 3.05) is 31.6 Å². The molecule has 0 spiro atoms. The van der Waals surface area contributed by atoms with E-state index in [4.69, 9.17) is 0 Å². The highest BCUT2D eigenvalue weighted by Crippen LogP contribution is 2.27. The van der Waals surface area contributed by atoms with Crippen LogP contribution in [0.3, 0.4) is 0 Å². The summed E-state index contributed by atoms with van der Waals surface area (Å²) in [6, 6.07) is 8.29. The number of anilines is 1. The Labute approximate surface area is 136 Å². The van der Waals surface area contributed by atoms with Crippen molar-refractivity contribution in [3.05, 3.63) is 28.2 Å². The minimum atomic E-state index is 0.675. The summed E-state index contributed by atoms with van der Waals surface area (Å²) in [5, 5.41) is 3.58. The monoisotopic (exact) mass is 351 g/mol. The van der Waals surface area contributed by atoms with Crippen LogP contribution < -0.4 is 10.2 Å². The van der Waals surface area contributed by atoms with Gasteiger partial charge in [0.05, 0.1) is 0 Å². The molecule has 1 unspecified atom stereocenters. The minimum absolute atomic E-state index is 0.675. The second-order valence-electron chi connectivity index (χ2n) is 6.42. The van der Waals surface area contributed by atoms with Crippen LogP contribution in [0.15, 0.2) is 22.7 Å². The van der Waals surface area contributed by atoms with Crippen molar-refractivity contribution < 1.29 is 0 Å². The van der Waals surface area contributed by atoms with Crippen LogP contribution >= 0.6 is 15.9 Å². The Morgan fingerprint density at radius 2 is 2.10 bits per heavy atom. The molecule has 116 valence electrons. The van der Waals surface area contributed by atoms with E-state index >= 15 is 0 Å². The number of benzene rings is 1. The zero-order chi connectivity index (χ0) is 14.8. The van der Waals surface area contributed by atoms with Gasteiger partial charge in [0.15, 0.2) is 0 Å². The van der Waals surface area contributed by atoms with Crippen LogP contribution in [0.4, 0.5) is 5.69 Å². The average molecular weight is 352 g/mol. The second-order valence-corrected chi connectivity index (χ2v) is 7.27. The molecule has 1 aliphatic heterocycles. The van der Waals surface area contributed by atoms with Crippen molar-refractivity contribution in [1.82, 2.24) is 10.2 Å². The Kier molecular flexibility index (Phi) is 4.87. The molecule has 0 bridgehead atoms. The van der Waals surface area contributed by atoms with Gasteiger partial charge in [0.25, 0.3) is 0 Å². The van der Waals surface area contributed by atoms with Gasteiger partial charge < -0.3 is 10.2 Å². The number of halogens is 1. The summed E-state index contributed by atoms with van der Waals surface area (Å²) in [4.78, 5) is 5.01. The van der Waals surface area contributed by atoms with E-state index in [1.807, 2.05) is 0 Å². The summed E-state index contributed by atoms with van der Waals surface area (Å²) in [6.07, 6.45) is 3.91. The molecular formula is C17H26BrN3. The molecule has 1 aliphatic carbocycles. The van der Waals surface area contributed by atoms with Crippen molar-refractivity contribution in [3.63, 3.8) is 0 Å². The van der Waals surface area contributed by atoms with Gasteiger partial charge in [0.2, 0.25) is 0 Å². The van der Waals surface area contributed by atoms with Crippen molar-refractivity contribution in [2.45, 2.75) is 44.8 Å². The number of nitrogens with zero attached hydrogens (tertiary/aromatic N) is 2. The molecule has 1 N–H and O–H groups in total. The van der Waals surface area contributed by atoms with Crippen molar-refractivity contribution in [2.24, 2.45) is 0 Å². The van der Waals surface area contributed by atoms with Crippen LogP contribution in [0, 0.1) is 0 Å². The second kappa shape index (κ2) is 6.67. The molecule has 21 heavy (non-hydrogen) atoms. The largest absolute Gasteiger partial charge is 0.369 e. The van der Waals surface area contributed by atoms with E-state index in [0.29, 0.717) is 6.04 Å². The highest BCUT2D eigenvalue weighted by atomic mass is 79.9. The summed E-state index contributed by atoms with van der Waals surface area (Å²) in [5.74, 6) is 0. The first-order valence-electron chi connectivity index (χ1n) is 8.14. The van der Waals surface area contributed by atoms with Crippen LogP contribution in [0.25, 0.3) is 0 Å². The highest BCUT2D eigenvalue weighted by molar-refractivity contribution is 9.10. The lowest BCUT2D eigenvalue weighted by molar-refractivity contribution is 0.213. The van der Waals surface area contributed by atoms with Crippen LogP contribution in [-0.2, 0) is 6.54 Å². The lowest BCUT2D eigenvalue weighted by atomic mass is 10.1. The van der Waals surface area contributed by atoms with Crippen molar-refractivity contribution >= 4 is 21.6 Å². The molecule has 2 aliphatic rings. The summed E-state index contributed by atoms with van der Waals surface area (Å²) in [7, 11) is 2.24. The van der Waals surface area contributed by atoms with Gasteiger partial charge in [0.1, 0.15) is 0 Å². The van der Waals surface area contributed by atoms with Gasteiger partial charge in [-0.05, 0) is 44.0 Å². The Balaban J connectivity index is 1.66. The predicted molar refractivity (Wildman–Crippen MR) is 92.9 cm³/mol. The molecule has 1 aromatic carbocycles. The standard InChI is InChI=1S/C17H26BrN3/c1-3-15-12-21(9-8-20(15)2)16-7-4-13(17(18)10-16)11-19-14-5-6-14/h4,7,10,14-15,19H,3,5-6,8-9,11-12H2,1-2H3. The molecule has 0 aromatic heterocycles. The number of likely N-dealkylation sites (N-methyl/N-ethyl adjacent to an activating group) is 1. The van der Waals surface area contributed by atoms with Crippen LogP contribution in [0.5, 0.6) is 0 Å². The molecule has 1 aromatic rings. The first-order chi connectivity index (χ1) is 10.2. The summed E-state index contributed by atoms with van der Waals surface area (Å²) < 4.78 is 1.24. The summed E-state index contributed by atoms with van der Waals surface area (Å²) in [5.41, 5.74) is 2.72. The molecule has 1 atom stereocenters. The number of rotatable bonds is 5. The molecular weight excluding hydrogens is 326 g/mol. The zero-order valence-corrected chi connectivity index (χ0v) is 14.7. The molecule has 4 heteroatoms. The lowest BCUT2D eigenvalue weighted by Gasteiger charge is -2.40. The van der Waals surface area contributed by atoms with Gasteiger partial charge in [-0.15, -0.1) is 0 Å². The molecule has 3 rings (SSSR count). The van der Waals surface area contributed by atoms with Gasteiger partial charge in [-0.1, -0.05) is 28.9 Å². The van der Waals surface area contributed by atoms with Crippen molar-refractivity contribution in [1.29, 1.82) is 0 Å². The van der Waals surface area contributed by atoms with Gasteiger partial charge in [0, 0.05) is 48.4 Å². The quantitative estimate of drug-likeness (QED) is 0.878. The fourth-order valence-corrected chi connectivity index (χ4v) is 3.55. The maximum absolute atomic E-state index is 3.75. The Bertz CT molecular complexity index is 487. The molecule has 1 heterocycles. The van der Waals surface area contributed by atoms with E-state index in [1.165, 1.54) is 35.0 Å². The fraction of sp³-hybridized carbons (Fsp3) is 0.647. The molecule has 1 saturated carbocycles. The molecule has 1 saturated heterocycles. The number of nitrogens with one attached hydrogen (secondary N) is 1. The predicted octanol–water partition coefficient (Wildman–Crippen LogP) is 3.23. The molecule has 0 amide bonds. The van der Waals surface area contributed by atoms with Crippen LogP contribution in [-0.4, -0.2) is 43.7 Å². The third kappa shape index (κ3) is 3.79. The lowest BCUT2D eigenvalue weighted by Crippen LogP contribution is -2.51. The van der Waals surface area contributed by atoms with Crippen LogP contribution in [0.1, 0.15) is 31.7 Å². The summed E-state index contributed by atoms with van der Waals surface area (Å²) in [6.45, 7) is 6.68. The van der Waals surface area contributed by atoms with E-state index in [1.54, 1.807) is 0 Å². The highest BCUT2D eigenvalue weighted by Gasteiger charge is 2.23. The van der Waals surface area contributed by atoms with E-state index in [-0.39, 0.29) is 0 Å². The van der Waals surface area contributed by atoms with Gasteiger partial charge in [-0.2, -0.15) is 0 Å². The van der Waals surface area contributed by atoms with Crippen molar-refractivity contribution in [3.8, 4) is 0 Å². The smallest absolute Gasteiger partial charge is 0.0378 e. The third-order valence-electron chi connectivity index (χ3n) is 4.81. The van der Waals surface area contributed by atoms with E-state index in [9.17, 15) is 0 Å².